The lowest BCUT2D eigenvalue weighted by atomic mass is 10.1. The van der Waals surface area contributed by atoms with E-state index in [0.29, 0.717) is 24.6 Å². The number of aromatic nitrogens is 2. The summed E-state index contributed by atoms with van der Waals surface area (Å²) in [5, 5.41) is 53.1. The van der Waals surface area contributed by atoms with Gasteiger partial charge < -0.3 is 47.0 Å². The first-order valence-corrected chi connectivity index (χ1v) is 10.5. The van der Waals surface area contributed by atoms with Crippen molar-refractivity contribution in [2.24, 2.45) is 0 Å². The van der Waals surface area contributed by atoms with Gasteiger partial charge in [0, 0.05) is 30.8 Å². The van der Waals surface area contributed by atoms with E-state index in [0.717, 1.165) is 6.34 Å². The SMILES string of the molecule is N=CN1c2c(nc(N)[nH]c2=O)NCC1CNc1ccc(C(=O)NC(CCC(O)O)C(O)O)cc1. The Labute approximate surface area is 194 Å². The zero-order chi connectivity index (χ0) is 24.8. The lowest BCUT2D eigenvalue weighted by Crippen LogP contribution is -2.49. The van der Waals surface area contributed by atoms with Crippen LogP contribution in [0.15, 0.2) is 29.1 Å². The average molecular weight is 476 g/mol. The molecule has 0 saturated carbocycles. The van der Waals surface area contributed by atoms with E-state index in [4.69, 9.17) is 21.4 Å². The van der Waals surface area contributed by atoms with Crippen molar-refractivity contribution in [1.82, 2.24) is 15.3 Å². The number of nitrogens with zero attached hydrogens (tertiary/aromatic N) is 2. The molecule has 2 atom stereocenters. The number of carbonyl (C=O) groups is 1. The summed E-state index contributed by atoms with van der Waals surface area (Å²) in [7, 11) is 0. The number of aliphatic hydroxyl groups excluding tert-OH is 2. The number of nitrogen functional groups attached to an aromatic ring is 1. The molecule has 0 fully saturated rings. The zero-order valence-corrected chi connectivity index (χ0v) is 18.1. The normalized spacial score (nSPS) is 16.1. The molecule has 2 unspecified atom stereocenters. The Bertz CT molecular complexity index is 1060. The third-order valence-corrected chi connectivity index (χ3v) is 5.31. The monoisotopic (exact) mass is 476 g/mol. The first-order chi connectivity index (χ1) is 16.2. The smallest absolute Gasteiger partial charge is 0.278 e. The van der Waals surface area contributed by atoms with E-state index in [-0.39, 0.29) is 36.1 Å². The molecule has 1 aromatic carbocycles. The Morgan fingerprint density at radius 2 is 1.97 bits per heavy atom. The van der Waals surface area contributed by atoms with Gasteiger partial charge in [-0.05, 0) is 30.7 Å². The van der Waals surface area contributed by atoms with E-state index < -0.39 is 30.1 Å². The van der Waals surface area contributed by atoms with E-state index in [1.165, 1.54) is 4.90 Å². The summed E-state index contributed by atoms with van der Waals surface area (Å²) in [6.07, 6.45) is -2.59. The van der Waals surface area contributed by atoms with Crippen molar-refractivity contribution < 1.29 is 25.2 Å². The van der Waals surface area contributed by atoms with E-state index in [2.05, 4.69) is 25.9 Å². The quantitative estimate of drug-likeness (QED) is 0.104. The number of amides is 1. The van der Waals surface area contributed by atoms with Crippen LogP contribution >= 0.6 is 0 Å². The number of hydrogen-bond acceptors (Lipinski definition) is 11. The summed E-state index contributed by atoms with van der Waals surface area (Å²) in [4.78, 5) is 32.7. The lowest BCUT2D eigenvalue weighted by molar-refractivity contribution is -0.0817. The molecule has 1 amide bonds. The fraction of sp³-hybridized carbons (Fsp3) is 0.400. The molecule has 0 saturated heterocycles. The van der Waals surface area contributed by atoms with E-state index in [1.54, 1.807) is 24.3 Å². The second-order valence-electron chi connectivity index (χ2n) is 7.73. The highest BCUT2D eigenvalue weighted by molar-refractivity contribution is 5.94. The fourth-order valence-corrected chi connectivity index (χ4v) is 3.53. The number of H-pyrrole nitrogens is 1. The van der Waals surface area contributed by atoms with Crippen LogP contribution in [-0.4, -0.2) is 80.4 Å². The molecule has 34 heavy (non-hydrogen) atoms. The number of rotatable bonds is 10. The molecule has 11 N–H and O–H groups in total. The Kier molecular flexibility index (Phi) is 8.01. The minimum atomic E-state index is -1.85. The van der Waals surface area contributed by atoms with Gasteiger partial charge in [0.2, 0.25) is 5.95 Å². The molecule has 3 rings (SSSR count). The molecule has 1 aromatic heterocycles. The van der Waals surface area contributed by atoms with E-state index in [9.17, 15) is 19.8 Å². The third-order valence-electron chi connectivity index (χ3n) is 5.31. The van der Waals surface area contributed by atoms with Crippen LogP contribution in [0.3, 0.4) is 0 Å². The second kappa shape index (κ2) is 10.9. The van der Waals surface area contributed by atoms with Gasteiger partial charge in [-0.1, -0.05) is 0 Å². The number of aliphatic hydroxyl groups is 4. The maximum absolute atomic E-state index is 12.4. The summed E-state index contributed by atoms with van der Waals surface area (Å²) in [6.45, 7) is 0.763. The van der Waals surface area contributed by atoms with Crippen molar-refractivity contribution >= 4 is 35.4 Å². The van der Waals surface area contributed by atoms with Crippen LogP contribution in [0.5, 0.6) is 0 Å². The number of benzene rings is 1. The van der Waals surface area contributed by atoms with Crippen LogP contribution in [0.1, 0.15) is 23.2 Å². The molecule has 0 spiro atoms. The van der Waals surface area contributed by atoms with Crippen molar-refractivity contribution in [2.75, 3.05) is 34.4 Å². The number of carbonyl (C=O) groups excluding carboxylic acids is 1. The van der Waals surface area contributed by atoms with Crippen LogP contribution in [0.4, 0.5) is 23.1 Å². The molecule has 1 aliphatic rings. The number of nitrogens with two attached hydrogens (primary N) is 1. The van der Waals surface area contributed by atoms with Gasteiger partial charge in [0.15, 0.2) is 24.1 Å². The van der Waals surface area contributed by atoms with Crippen molar-refractivity contribution in [2.45, 2.75) is 37.5 Å². The summed E-state index contributed by atoms with van der Waals surface area (Å²) in [6, 6.07) is 5.05. The predicted molar refractivity (Wildman–Crippen MR) is 125 cm³/mol. The number of fused-ring (bicyclic) bond motifs is 1. The summed E-state index contributed by atoms with van der Waals surface area (Å²) in [5.41, 5.74) is 6.26. The summed E-state index contributed by atoms with van der Waals surface area (Å²) >= 11 is 0. The molecule has 0 bridgehead atoms. The first kappa shape index (κ1) is 24.9. The highest BCUT2D eigenvalue weighted by Gasteiger charge is 2.29. The molecule has 14 heteroatoms. The van der Waals surface area contributed by atoms with Gasteiger partial charge in [0.05, 0.1) is 18.4 Å². The molecule has 2 heterocycles. The Hall–Kier alpha value is -3.72. The van der Waals surface area contributed by atoms with Crippen LogP contribution in [-0.2, 0) is 0 Å². The van der Waals surface area contributed by atoms with Gasteiger partial charge in [-0.15, -0.1) is 0 Å². The standard InChI is InChI=1S/C20H28N8O6/c21-9-28-12(8-24-16-15(28)18(32)27-20(22)26-16)7-23-11-3-1-10(2-4-11)17(31)25-13(19(33)34)5-6-14(29)30/h1-4,9,12-14,19,21,23,29-30,33-34H,5-8H2,(H,25,31)(H4,22,24,26,27,32). The first-order valence-electron chi connectivity index (χ1n) is 10.5. The van der Waals surface area contributed by atoms with Crippen LogP contribution in [0.25, 0.3) is 0 Å². The number of hydrogen-bond donors (Lipinski definition) is 10. The average Bonchev–Trinajstić information content (AvgIpc) is 2.79. The molecule has 0 aliphatic carbocycles. The van der Waals surface area contributed by atoms with Crippen molar-refractivity contribution in [3.63, 3.8) is 0 Å². The molecule has 1 aliphatic heterocycles. The van der Waals surface area contributed by atoms with Gasteiger partial charge in [0.1, 0.15) is 0 Å². The topological polar surface area (TPSA) is 233 Å². The van der Waals surface area contributed by atoms with Crippen LogP contribution in [0, 0.1) is 5.41 Å². The Balaban J connectivity index is 1.61. The number of nitrogens with one attached hydrogen (secondary N) is 5. The molecule has 14 nitrogen and oxygen atoms in total. The van der Waals surface area contributed by atoms with Gasteiger partial charge in [-0.25, -0.2) is 0 Å². The highest BCUT2D eigenvalue weighted by atomic mass is 16.5. The minimum Gasteiger partial charge on any atom is -0.383 e. The maximum Gasteiger partial charge on any atom is 0.278 e. The second-order valence-corrected chi connectivity index (χ2v) is 7.73. The number of anilines is 4. The highest BCUT2D eigenvalue weighted by Crippen LogP contribution is 2.25. The number of aromatic amines is 1. The van der Waals surface area contributed by atoms with Gasteiger partial charge in [0.25, 0.3) is 11.5 Å². The summed E-state index contributed by atoms with van der Waals surface area (Å²) < 4.78 is 0. The largest absolute Gasteiger partial charge is 0.383 e. The Morgan fingerprint density at radius 1 is 1.26 bits per heavy atom. The maximum atomic E-state index is 12.4. The van der Waals surface area contributed by atoms with E-state index >= 15 is 0 Å². The fourth-order valence-electron chi connectivity index (χ4n) is 3.53. The molecule has 0 radical (unpaired) electrons. The molecular formula is C20H28N8O6. The van der Waals surface area contributed by atoms with Crippen LogP contribution in [0.2, 0.25) is 0 Å². The van der Waals surface area contributed by atoms with Crippen molar-refractivity contribution in [3.05, 3.63) is 40.2 Å². The van der Waals surface area contributed by atoms with Crippen molar-refractivity contribution in [3.8, 4) is 0 Å². The molecule has 184 valence electrons. The van der Waals surface area contributed by atoms with Gasteiger partial charge in [-0.3, -0.25) is 20.0 Å². The minimum absolute atomic E-state index is 0.0207. The van der Waals surface area contributed by atoms with E-state index in [1.807, 2.05) is 0 Å². The predicted octanol–water partition coefficient (Wildman–Crippen LogP) is -1.83. The summed E-state index contributed by atoms with van der Waals surface area (Å²) in [5.74, 6) is -0.269. The molecular weight excluding hydrogens is 448 g/mol. The van der Waals surface area contributed by atoms with Crippen molar-refractivity contribution in [1.29, 1.82) is 5.41 Å². The van der Waals surface area contributed by atoms with Gasteiger partial charge in [-0.2, -0.15) is 4.98 Å². The van der Waals surface area contributed by atoms with Gasteiger partial charge >= 0.3 is 0 Å². The zero-order valence-electron chi connectivity index (χ0n) is 18.1. The molecule has 2 aromatic rings. The lowest BCUT2D eigenvalue weighted by Gasteiger charge is -2.35. The third kappa shape index (κ3) is 5.99. The Morgan fingerprint density at radius 3 is 2.59 bits per heavy atom. The van der Waals surface area contributed by atoms with Crippen LogP contribution < -0.4 is 32.1 Å².